The molecule has 0 spiro atoms. The summed E-state index contributed by atoms with van der Waals surface area (Å²) in [6.45, 7) is 7.10. The molecule has 0 bridgehead atoms. The Morgan fingerprint density at radius 1 is 1.33 bits per heavy atom. The van der Waals surface area contributed by atoms with E-state index in [-0.39, 0.29) is 11.9 Å². The summed E-state index contributed by atoms with van der Waals surface area (Å²) in [7, 11) is 0. The SMILES string of the molecule is CC(C)NCC1CCC(CN2CCc3ccc(F)cc32)O1. The van der Waals surface area contributed by atoms with E-state index in [0.29, 0.717) is 12.1 Å². The van der Waals surface area contributed by atoms with E-state index in [4.69, 9.17) is 4.74 Å². The smallest absolute Gasteiger partial charge is 0.125 e. The molecule has 2 aliphatic heterocycles. The van der Waals surface area contributed by atoms with Crippen molar-refractivity contribution in [2.24, 2.45) is 0 Å². The van der Waals surface area contributed by atoms with Gasteiger partial charge in [0.05, 0.1) is 12.2 Å². The second-order valence-corrected chi connectivity index (χ2v) is 6.49. The molecule has 2 atom stereocenters. The number of ether oxygens (including phenoxy) is 1. The summed E-state index contributed by atoms with van der Waals surface area (Å²) < 4.78 is 19.5. The lowest BCUT2D eigenvalue weighted by molar-refractivity contribution is 0.0486. The van der Waals surface area contributed by atoms with Crippen molar-refractivity contribution in [3.05, 3.63) is 29.6 Å². The maximum atomic E-state index is 13.4. The van der Waals surface area contributed by atoms with Crippen molar-refractivity contribution in [2.45, 2.75) is 51.4 Å². The lowest BCUT2D eigenvalue weighted by Gasteiger charge is -2.24. The van der Waals surface area contributed by atoms with Crippen LogP contribution in [0.25, 0.3) is 0 Å². The molecule has 1 fully saturated rings. The van der Waals surface area contributed by atoms with Crippen molar-refractivity contribution in [2.75, 3.05) is 24.5 Å². The Kier molecular flexibility index (Phi) is 4.45. The molecular weight excluding hydrogens is 267 g/mol. The van der Waals surface area contributed by atoms with E-state index in [1.165, 1.54) is 5.56 Å². The maximum Gasteiger partial charge on any atom is 0.125 e. The lowest BCUT2D eigenvalue weighted by atomic mass is 10.1. The average molecular weight is 292 g/mol. The Morgan fingerprint density at radius 3 is 2.95 bits per heavy atom. The minimum absolute atomic E-state index is 0.146. The summed E-state index contributed by atoms with van der Waals surface area (Å²) in [5, 5.41) is 3.44. The van der Waals surface area contributed by atoms with Crippen molar-refractivity contribution in [3.63, 3.8) is 0 Å². The van der Waals surface area contributed by atoms with E-state index in [9.17, 15) is 4.39 Å². The number of anilines is 1. The first-order valence-corrected chi connectivity index (χ1v) is 8.04. The van der Waals surface area contributed by atoms with Gasteiger partial charge in [0, 0.05) is 31.4 Å². The monoisotopic (exact) mass is 292 g/mol. The molecule has 0 aromatic heterocycles. The van der Waals surface area contributed by atoms with Gasteiger partial charge in [-0.3, -0.25) is 0 Å². The van der Waals surface area contributed by atoms with Gasteiger partial charge in [-0.2, -0.15) is 0 Å². The summed E-state index contributed by atoms with van der Waals surface area (Å²) in [5.41, 5.74) is 2.31. The predicted molar refractivity (Wildman–Crippen MR) is 83.4 cm³/mol. The third kappa shape index (κ3) is 3.55. The molecule has 0 aliphatic carbocycles. The molecule has 4 heteroatoms. The normalized spacial score (nSPS) is 24.9. The zero-order valence-corrected chi connectivity index (χ0v) is 12.9. The van der Waals surface area contributed by atoms with Crippen LogP contribution in [0.4, 0.5) is 10.1 Å². The summed E-state index contributed by atoms with van der Waals surface area (Å²) >= 11 is 0. The van der Waals surface area contributed by atoms with Gasteiger partial charge in [0.15, 0.2) is 0 Å². The first-order chi connectivity index (χ1) is 10.1. The molecule has 21 heavy (non-hydrogen) atoms. The van der Waals surface area contributed by atoms with Crippen LogP contribution in [0.3, 0.4) is 0 Å². The van der Waals surface area contributed by atoms with Crippen LogP contribution in [0.1, 0.15) is 32.3 Å². The van der Waals surface area contributed by atoms with Crippen LogP contribution in [0.5, 0.6) is 0 Å². The van der Waals surface area contributed by atoms with Gasteiger partial charge < -0.3 is 15.0 Å². The molecule has 1 aromatic rings. The fourth-order valence-corrected chi connectivity index (χ4v) is 3.29. The summed E-state index contributed by atoms with van der Waals surface area (Å²) in [5.74, 6) is -0.146. The molecule has 1 N–H and O–H groups in total. The van der Waals surface area contributed by atoms with Crippen molar-refractivity contribution in [1.29, 1.82) is 0 Å². The number of nitrogens with zero attached hydrogens (tertiary/aromatic N) is 1. The van der Waals surface area contributed by atoms with Crippen LogP contribution in [-0.2, 0) is 11.2 Å². The molecule has 3 rings (SSSR count). The summed E-state index contributed by atoms with van der Waals surface area (Å²) in [4.78, 5) is 2.28. The van der Waals surface area contributed by atoms with Gasteiger partial charge in [0.2, 0.25) is 0 Å². The highest BCUT2D eigenvalue weighted by Crippen LogP contribution is 2.30. The van der Waals surface area contributed by atoms with E-state index in [0.717, 1.165) is 44.6 Å². The fourth-order valence-electron chi connectivity index (χ4n) is 3.29. The van der Waals surface area contributed by atoms with E-state index < -0.39 is 0 Å². The Morgan fingerprint density at radius 2 is 2.14 bits per heavy atom. The average Bonchev–Trinajstić information content (AvgIpc) is 3.05. The Labute approximate surface area is 126 Å². The molecule has 1 saturated heterocycles. The number of hydrogen-bond donors (Lipinski definition) is 1. The van der Waals surface area contributed by atoms with Crippen LogP contribution < -0.4 is 10.2 Å². The second-order valence-electron chi connectivity index (χ2n) is 6.49. The minimum atomic E-state index is -0.146. The van der Waals surface area contributed by atoms with Crippen LogP contribution >= 0.6 is 0 Å². The number of hydrogen-bond acceptors (Lipinski definition) is 3. The molecular formula is C17H25FN2O. The van der Waals surface area contributed by atoms with Crippen molar-refractivity contribution < 1.29 is 9.13 Å². The number of fused-ring (bicyclic) bond motifs is 1. The van der Waals surface area contributed by atoms with E-state index in [2.05, 4.69) is 24.1 Å². The van der Waals surface area contributed by atoms with Gasteiger partial charge in [-0.1, -0.05) is 19.9 Å². The first-order valence-electron chi connectivity index (χ1n) is 8.04. The number of nitrogens with one attached hydrogen (secondary N) is 1. The Balaban J connectivity index is 1.54. The lowest BCUT2D eigenvalue weighted by Crippen LogP contribution is -2.34. The van der Waals surface area contributed by atoms with Gasteiger partial charge in [-0.25, -0.2) is 4.39 Å². The molecule has 2 aliphatic rings. The molecule has 0 radical (unpaired) electrons. The van der Waals surface area contributed by atoms with Gasteiger partial charge in [0.1, 0.15) is 5.82 Å². The van der Waals surface area contributed by atoms with Crippen molar-refractivity contribution >= 4 is 5.69 Å². The van der Waals surface area contributed by atoms with Gasteiger partial charge in [-0.05, 0) is 37.0 Å². The fraction of sp³-hybridized carbons (Fsp3) is 0.647. The molecule has 3 nitrogen and oxygen atoms in total. The van der Waals surface area contributed by atoms with Crippen LogP contribution in [0.2, 0.25) is 0 Å². The summed E-state index contributed by atoms with van der Waals surface area (Å²) in [6, 6.07) is 5.63. The highest BCUT2D eigenvalue weighted by atomic mass is 19.1. The highest BCUT2D eigenvalue weighted by Gasteiger charge is 2.29. The quantitative estimate of drug-likeness (QED) is 0.903. The highest BCUT2D eigenvalue weighted by molar-refractivity contribution is 5.58. The molecule has 1 aromatic carbocycles. The molecule has 2 unspecified atom stereocenters. The zero-order valence-electron chi connectivity index (χ0n) is 12.9. The van der Waals surface area contributed by atoms with Crippen LogP contribution in [0, 0.1) is 5.82 Å². The number of rotatable bonds is 5. The van der Waals surface area contributed by atoms with Gasteiger partial charge >= 0.3 is 0 Å². The third-order valence-electron chi connectivity index (χ3n) is 4.41. The Bertz CT molecular complexity index is 492. The van der Waals surface area contributed by atoms with Crippen LogP contribution in [-0.4, -0.2) is 37.9 Å². The zero-order chi connectivity index (χ0) is 14.8. The first kappa shape index (κ1) is 14.8. The van der Waals surface area contributed by atoms with Crippen LogP contribution in [0.15, 0.2) is 18.2 Å². The maximum absolute atomic E-state index is 13.4. The third-order valence-corrected chi connectivity index (χ3v) is 4.41. The standard InChI is InChI=1S/C17H25FN2O/c1-12(2)19-10-15-5-6-16(21-15)11-20-8-7-13-3-4-14(18)9-17(13)20/h3-4,9,12,15-16,19H,5-8,10-11H2,1-2H3. The predicted octanol–water partition coefficient (Wildman–Crippen LogP) is 2.73. The number of halogens is 1. The van der Waals surface area contributed by atoms with E-state index >= 15 is 0 Å². The van der Waals surface area contributed by atoms with Crippen molar-refractivity contribution in [1.82, 2.24) is 5.32 Å². The molecule has 0 saturated carbocycles. The summed E-state index contributed by atoms with van der Waals surface area (Å²) in [6.07, 6.45) is 3.84. The minimum Gasteiger partial charge on any atom is -0.372 e. The van der Waals surface area contributed by atoms with E-state index in [1.54, 1.807) is 12.1 Å². The largest absolute Gasteiger partial charge is 0.372 e. The topological polar surface area (TPSA) is 24.5 Å². The molecule has 0 amide bonds. The number of benzene rings is 1. The molecule has 2 heterocycles. The van der Waals surface area contributed by atoms with Gasteiger partial charge in [-0.15, -0.1) is 0 Å². The Hall–Kier alpha value is -1.13. The second kappa shape index (κ2) is 6.32. The molecule has 116 valence electrons. The van der Waals surface area contributed by atoms with E-state index in [1.807, 2.05) is 6.07 Å². The van der Waals surface area contributed by atoms with Crippen molar-refractivity contribution in [3.8, 4) is 0 Å². The van der Waals surface area contributed by atoms with Gasteiger partial charge in [0.25, 0.3) is 0 Å².